The molecule has 0 spiro atoms. The molecule has 114 valence electrons. The number of benzene rings is 2. The maximum absolute atomic E-state index is 6.20. The zero-order valence-electron chi connectivity index (χ0n) is 13.3. The molecule has 4 rings (SSSR count). The average Bonchev–Trinajstić information content (AvgIpc) is 2.55. The van der Waals surface area contributed by atoms with Gasteiger partial charge in [0.1, 0.15) is 0 Å². The van der Waals surface area contributed by atoms with Crippen LogP contribution in [0.15, 0.2) is 42.5 Å². The predicted molar refractivity (Wildman–Crippen MR) is 90.1 cm³/mol. The normalized spacial score (nSPS) is 26.7. The van der Waals surface area contributed by atoms with E-state index >= 15 is 0 Å². The number of fused-ring (bicyclic) bond motifs is 3. The highest BCUT2D eigenvalue weighted by atomic mass is 16.5. The standard InChI is InChI=1S/C20H23NO/c1-13-5-8-15(9-6-13)19-16-4-3-11-22-20(16)17-12-14(2)7-10-18(17)21-19/h5-10,12,16,19-21H,3-4,11H2,1-2H3/t16-,19+,20-/m1/s1. The fourth-order valence-corrected chi connectivity index (χ4v) is 3.89. The molecule has 1 fully saturated rings. The smallest absolute Gasteiger partial charge is 0.0895 e. The van der Waals surface area contributed by atoms with Crippen molar-refractivity contribution < 1.29 is 4.74 Å². The lowest BCUT2D eigenvalue weighted by atomic mass is 9.77. The van der Waals surface area contributed by atoms with Crippen molar-refractivity contribution in [3.05, 3.63) is 64.7 Å². The topological polar surface area (TPSA) is 21.3 Å². The van der Waals surface area contributed by atoms with Crippen LogP contribution in [0.4, 0.5) is 5.69 Å². The fraction of sp³-hybridized carbons (Fsp3) is 0.400. The number of nitrogens with one attached hydrogen (secondary N) is 1. The Morgan fingerprint density at radius 2 is 1.77 bits per heavy atom. The molecule has 2 heterocycles. The number of ether oxygens (including phenoxy) is 1. The highest BCUT2D eigenvalue weighted by Crippen LogP contribution is 2.49. The average molecular weight is 293 g/mol. The molecule has 0 unspecified atom stereocenters. The van der Waals surface area contributed by atoms with Crippen LogP contribution in [0.3, 0.4) is 0 Å². The summed E-state index contributed by atoms with van der Waals surface area (Å²) in [5, 5.41) is 3.78. The number of hydrogen-bond donors (Lipinski definition) is 1. The van der Waals surface area contributed by atoms with Gasteiger partial charge in [-0.15, -0.1) is 0 Å². The second kappa shape index (κ2) is 5.44. The molecule has 2 aromatic carbocycles. The molecule has 1 saturated heterocycles. The number of aryl methyl sites for hydroxylation is 2. The molecule has 3 atom stereocenters. The third-order valence-electron chi connectivity index (χ3n) is 5.06. The van der Waals surface area contributed by atoms with Gasteiger partial charge in [-0.25, -0.2) is 0 Å². The van der Waals surface area contributed by atoms with E-state index in [9.17, 15) is 0 Å². The molecule has 0 amide bonds. The minimum Gasteiger partial charge on any atom is -0.378 e. The van der Waals surface area contributed by atoms with Crippen LogP contribution in [-0.2, 0) is 4.74 Å². The molecule has 2 aliphatic heterocycles. The van der Waals surface area contributed by atoms with Gasteiger partial charge in [0.05, 0.1) is 12.1 Å². The van der Waals surface area contributed by atoms with E-state index in [-0.39, 0.29) is 6.10 Å². The Morgan fingerprint density at radius 1 is 1.00 bits per heavy atom. The molecule has 0 bridgehead atoms. The van der Waals surface area contributed by atoms with Gasteiger partial charge in [0.2, 0.25) is 0 Å². The summed E-state index contributed by atoms with van der Waals surface area (Å²) in [5.41, 5.74) is 6.57. The Kier molecular flexibility index (Phi) is 3.42. The molecular formula is C20H23NO. The zero-order chi connectivity index (χ0) is 15.1. The number of hydrogen-bond acceptors (Lipinski definition) is 2. The van der Waals surface area contributed by atoms with Crippen LogP contribution in [0, 0.1) is 19.8 Å². The van der Waals surface area contributed by atoms with Crippen LogP contribution in [0.1, 0.15) is 47.2 Å². The van der Waals surface area contributed by atoms with Crippen molar-refractivity contribution in [3.8, 4) is 0 Å². The third kappa shape index (κ3) is 2.32. The van der Waals surface area contributed by atoms with Crippen LogP contribution in [-0.4, -0.2) is 6.61 Å². The third-order valence-corrected chi connectivity index (χ3v) is 5.06. The minimum atomic E-state index is 0.233. The van der Waals surface area contributed by atoms with Crippen LogP contribution >= 0.6 is 0 Å². The number of anilines is 1. The van der Waals surface area contributed by atoms with Gasteiger partial charge < -0.3 is 10.1 Å². The van der Waals surface area contributed by atoms with Crippen LogP contribution in [0.25, 0.3) is 0 Å². The highest BCUT2D eigenvalue weighted by Gasteiger charge is 2.39. The first-order valence-corrected chi connectivity index (χ1v) is 8.27. The lowest BCUT2D eigenvalue weighted by molar-refractivity contribution is -0.0381. The lowest BCUT2D eigenvalue weighted by Gasteiger charge is -2.43. The van der Waals surface area contributed by atoms with E-state index in [2.05, 4.69) is 61.6 Å². The van der Waals surface area contributed by atoms with Gasteiger partial charge in [0.15, 0.2) is 0 Å². The van der Waals surface area contributed by atoms with E-state index in [1.165, 1.54) is 34.4 Å². The fourth-order valence-electron chi connectivity index (χ4n) is 3.89. The summed E-state index contributed by atoms with van der Waals surface area (Å²) in [4.78, 5) is 0. The largest absolute Gasteiger partial charge is 0.378 e. The van der Waals surface area contributed by atoms with Gasteiger partial charge in [-0.05, 0) is 38.3 Å². The Hall–Kier alpha value is -1.80. The molecule has 2 aromatic rings. The maximum Gasteiger partial charge on any atom is 0.0895 e. The van der Waals surface area contributed by atoms with Crippen LogP contribution in [0.5, 0.6) is 0 Å². The molecule has 0 radical (unpaired) electrons. The summed E-state index contributed by atoms with van der Waals surface area (Å²) < 4.78 is 6.20. The van der Waals surface area contributed by atoms with Gasteiger partial charge in [-0.2, -0.15) is 0 Å². The Morgan fingerprint density at radius 3 is 2.59 bits per heavy atom. The second-order valence-corrected chi connectivity index (χ2v) is 6.72. The maximum atomic E-state index is 6.20. The van der Waals surface area contributed by atoms with E-state index in [0.717, 1.165) is 13.0 Å². The monoisotopic (exact) mass is 293 g/mol. The summed E-state index contributed by atoms with van der Waals surface area (Å²) in [6.45, 7) is 5.18. The summed E-state index contributed by atoms with van der Waals surface area (Å²) in [7, 11) is 0. The quantitative estimate of drug-likeness (QED) is 0.804. The van der Waals surface area contributed by atoms with Crippen molar-refractivity contribution in [1.29, 1.82) is 0 Å². The molecule has 2 heteroatoms. The Balaban J connectivity index is 1.77. The summed E-state index contributed by atoms with van der Waals surface area (Å²) in [6, 6.07) is 16.0. The van der Waals surface area contributed by atoms with Crippen molar-refractivity contribution in [1.82, 2.24) is 0 Å². The van der Waals surface area contributed by atoms with Gasteiger partial charge in [-0.1, -0.05) is 47.5 Å². The van der Waals surface area contributed by atoms with E-state index in [4.69, 9.17) is 4.74 Å². The summed E-state index contributed by atoms with van der Waals surface area (Å²) >= 11 is 0. The Bertz CT molecular complexity index is 677. The van der Waals surface area contributed by atoms with Crippen molar-refractivity contribution in [2.24, 2.45) is 5.92 Å². The molecule has 2 nitrogen and oxygen atoms in total. The summed E-state index contributed by atoms with van der Waals surface area (Å²) in [6.07, 6.45) is 2.62. The van der Waals surface area contributed by atoms with Gasteiger partial charge in [-0.3, -0.25) is 0 Å². The molecule has 0 saturated carbocycles. The van der Waals surface area contributed by atoms with Crippen molar-refractivity contribution in [3.63, 3.8) is 0 Å². The van der Waals surface area contributed by atoms with Gasteiger partial charge in [0, 0.05) is 23.8 Å². The molecular weight excluding hydrogens is 270 g/mol. The Labute approximate surface area is 132 Å². The van der Waals surface area contributed by atoms with Crippen molar-refractivity contribution in [2.75, 3.05) is 11.9 Å². The molecule has 1 N–H and O–H groups in total. The molecule has 22 heavy (non-hydrogen) atoms. The van der Waals surface area contributed by atoms with Crippen molar-refractivity contribution >= 4 is 5.69 Å². The zero-order valence-corrected chi connectivity index (χ0v) is 13.3. The van der Waals surface area contributed by atoms with E-state index in [0.29, 0.717) is 12.0 Å². The first-order valence-electron chi connectivity index (χ1n) is 8.27. The van der Waals surface area contributed by atoms with Crippen molar-refractivity contribution in [2.45, 2.75) is 38.8 Å². The van der Waals surface area contributed by atoms with E-state index in [1.807, 2.05) is 0 Å². The molecule has 2 aliphatic rings. The molecule has 0 aromatic heterocycles. The lowest BCUT2D eigenvalue weighted by Crippen LogP contribution is -2.36. The first kappa shape index (κ1) is 13.8. The summed E-state index contributed by atoms with van der Waals surface area (Å²) in [5.74, 6) is 0.519. The molecule has 0 aliphatic carbocycles. The first-order chi connectivity index (χ1) is 10.7. The van der Waals surface area contributed by atoms with Gasteiger partial charge in [0.25, 0.3) is 0 Å². The SMILES string of the molecule is Cc1ccc([C@@H]2Nc3ccc(C)cc3[C@@H]3OCCC[C@H]23)cc1. The van der Waals surface area contributed by atoms with Gasteiger partial charge >= 0.3 is 0 Å². The highest BCUT2D eigenvalue weighted by molar-refractivity contribution is 5.58. The van der Waals surface area contributed by atoms with E-state index in [1.54, 1.807) is 0 Å². The number of rotatable bonds is 1. The van der Waals surface area contributed by atoms with Crippen LogP contribution < -0.4 is 5.32 Å². The second-order valence-electron chi connectivity index (χ2n) is 6.72. The predicted octanol–water partition coefficient (Wildman–Crippen LogP) is 4.94. The van der Waals surface area contributed by atoms with Crippen LogP contribution in [0.2, 0.25) is 0 Å². The minimum absolute atomic E-state index is 0.233. The van der Waals surface area contributed by atoms with E-state index < -0.39 is 0 Å².